The highest BCUT2D eigenvalue weighted by atomic mass is 16.7. The van der Waals surface area contributed by atoms with Crippen molar-refractivity contribution in [2.24, 2.45) is 5.92 Å². The van der Waals surface area contributed by atoms with Gasteiger partial charge in [-0.25, -0.2) is 0 Å². The van der Waals surface area contributed by atoms with Gasteiger partial charge in [-0.2, -0.15) is 0 Å². The van der Waals surface area contributed by atoms with Gasteiger partial charge >= 0.3 is 0 Å². The van der Waals surface area contributed by atoms with Crippen LogP contribution in [0.5, 0.6) is 0 Å². The Morgan fingerprint density at radius 3 is 1.40 bits per heavy atom. The van der Waals surface area contributed by atoms with E-state index in [1.165, 1.54) is 0 Å². The largest absolute Gasteiger partial charge is 0.394 e. The third kappa shape index (κ3) is 10.4. The van der Waals surface area contributed by atoms with Crippen LogP contribution in [0, 0.1) is 5.92 Å². The Balaban J connectivity index is 1.39. The van der Waals surface area contributed by atoms with Crippen LogP contribution in [0.3, 0.4) is 0 Å². The minimum Gasteiger partial charge on any atom is -0.394 e. The number of hydrogen-bond donors (Lipinski definition) is 13. The first-order chi connectivity index (χ1) is 25.2. The second kappa shape index (κ2) is 20.3. The van der Waals surface area contributed by atoms with E-state index in [4.69, 9.17) is 37.9 Å². The van der Waals surface area contributed by atoms with Gasteiger partial charge in [-0.3, -0.25) is 0 Å². The van der Waals surface area contributed by atoms with Crippen molar-refractivity contribution >= 4 is 6.29 Å². The highest BCUT2D eigenvalue weighted by molar-refractivity contribution is 5.55. The first-order valence-corrected chi connectivity index (χ1v) is 17.1. The van der Waals surface area contributed by atoms with Gasteiger partial charge < -0.3 is 114 Å². The van der Waals surface area contributed by atoms with E-state index >= 15 is 0 Å². The van der Waals surface area contributed by atoms with E-state index in [0.717, 1.165) is 0 Å². The zero-order valence-electron chi connectivity index (χ0n) is 28.7. The monoisotopic (exact) mass is 779 g/mol. The molecule has 4 saturated heterocycles. The standard InChI is InChI=1S/C30H53NO22/c1-31(2-4-46-28-23(43)21(41)18(38)13(8-34)50-28)3-5-47-30-25(45)26(53-27-11(6-32)16(36)17(37)12(7-33)49-27)20(40)15(52-30)10-48-29-24(44)22(42)19(39)14(9-35)51-29/h6,11-30,33-45H,2-5,7-10H2,1H3/t11-,12+,13+,14+,15+,16+,17+,18+,19+,20+,21-,22-,23-,24-,25-,26-,27+,28-,29-,30-/m0/s1. The molecule has 4 aliphatic heterocycles. The Bertz CT molecular complexity index is 1090. The van der Waals surface area contributed by atoms with Crippen molar-refractivity contribution < 1.29 is 109 Å². The van der Waals surface area contributed by atoms with Crippen LogP contribution < -0.4 is 0 Å². The molecule has 0 bridgehead atoms. The molecule has 0 radical (unpaired) electrons. The minimum atomic E-state index is -1.80. The van der Waals surface area contributed by atoms with E-state index in [1.807, 2.05) is 0 Å². The number of carbonyl (C=O) groups excluding carboxylic acids is 1. The van der Waals surface area contributed by atoms with Gasteiger partial charge in [0.05, 0.1) is 51.7 Å². The molecule has 0 spiro atoms. The van der Waals surface area contributed by atoms with E-state index in [-0.39, 0.29) is 32.6 Å². The van der Waals surface area contributed by atoms with E-state index in [9.17, 15) is 71.2 Å². The number of aliphatic hydroxyl groups is 13. The zero-order chi connectivity index (χ0) is 39.1. The molecule has 0 unspecified atom stereocenters. The van der Waals surface area contributed by atoms with Crippen LogP contribution in [0.25, 0.3) is 0 Å². The lowest BCUT2D eigenvalue weighted by molar-refractivity contribution is -0.358. The Labute approximate surface area is 302 Å². The van der Waals surface area contributed by atoms with Gasteiger partial charge in [0, 0.05) is 13.1 Å². The van der Waals surface area contributed by atoms with Crippen molar-refractivity contribution in [3.63, 3.8) is 0 Å². The maximum absolute atomic E-state index is 11.9. The molecule has 23 nitrogen and oxygen atoms in total. The number of aldehydes is 1. The Morgan fingerprint density at radius 2 is 0.925 bits per heavy atom. The van der Waals surface area contributed by atoms with Crippen molar-refractivity contribution in [2.75, 3.05) is 59.8 Å². The second-order valence-corrected chi connectivity index (χ2v) is 13.3. The van der Waals surface area contributed by atoms with Crippen molar-refractivity contribution in [2.45, 2.75) is 117 Å². The van der Waals surface area contributed by atoms with Crippen LogP contribution in [0.2, 0.25) is 0 Å². The van der Waals surface area contributed by atoms with E-state index < -0.39 is 149 Å². The lowest BCUT2D eigenvalue weighted by atomic mass is 9.91. The Kier molecular flexibility index (Phi) is 17.0. The number of ether oxygens (including phenoxy) is 8. The summed E-state index contributed by atoms with van der Waals surface area (Å²) in [5.74, 6) is -1.53. The lowest BCUT2D eigenvalue weighted by Gasteiger charge is -2.46. The van der Waals surface area contributed by atoms with Crippen molar-refractivity contribution in [1.29, 1.82) is 0 Å². The number of rotatable bonds is 17. The minimum absolute atomic E-state index is 0.0457. The van der Waals surface area contributed by atoms with Crippen LogP contribution in [0.15, 0.2) is 0 Å². The van der Waals surface area contributed by atoms with Crippen molar-refractivity contribution in [1.82, 2.24) is 4.90 Å². The highest BCUT2D eigenvalue weighted by Gasteiger charge is 2.52. The molecule has 4 aliphatic rings. The summed E-state index contributed by atoms with van der Waals surface area (Å²) in [4.78, 5) is 13.5. The molecule has 0 aliphatic carbocycles. The fourth-order valence-electron chi connectivity index (χ4n) is 6.22. The molecule has 0 aromatic heterocycles. The van der Waals surface area contributed by atoms with E-state index in [2.05, 4.69) is 0 Å². The Morgan fingerprint density at radius 1 is 0.509 bits per heavy atom. The van der Waals surface area contributed by atoms with Crippen LogP contribution in [-0.4, -0.2) is 254 Å². The predicted octanol–water partition coefficient (Wildman–Crippen LogP) is -9.35. The fraction of sp³-hybridized carbons (Fsp3) is 0.967. The molecule has 0 saturated carbocycles. The molecule has 4 rings (SSSR count). The summed E-state index contributed by atoms with van der Waals surface area (Å²) < 4.78 is 44.4. The maximum atomic E-state index is 11.9. The topological polar surface area (TPSA) is 357 Å². The molecule has 4 fully saturated rings. The van der Waals surface area contributed by atoms with Crippen LogP contribution in [0.4, 0.5) is 0 Å². The maximum Gasteiger partial charge on any atom is 0.186 e. The first kappa shape index (κ1) is 44.5. The SMILES string of the molecule is CN(CCO[C@H]1O[C@H](CO)[C@@H](O)[C@H](O)[C@@H]1O)CCO[C@H]1O[C@H](CO[C@H]2O[C@H](CO)[C@@H](O)[C@H](O)[C@@H]2O)[C@@H](O)[C@H](O[C@H]2O[C@H](CO)[C@@H](O)[C@H](O)[C@@H]2C=O)[C@@H]1O. The van der Waals surface area contributed by atoms with Gasteiger partial charge in [-0.15, -0.1) is 0 Å². The lowest BCUT2D eigenvalue weighted by Crippen LogP contribution is -2.64. The summed E-state index contributed by atoms with van der Waals surface area (Å²) in [6, 6.07) is 0. The molecule has 13 N–H and O–H groups in total. The number of carbonyl (C=O) groups is 1. The first-order valence-electron chi connectivity index (χ1n) is 17.1. The van der Waals surface area contributed by atoms with Gasteiger partial charge in [-0.05, 0) is 7.05 Å². The molecule has 20 atom stereocenters. The zero-order valence-corrected chi connectivity index (χ0v) is 28.7. The molecular formula is C30H53NO22. The summed E-state index contributed by atoms with van der Waals surface area (Å²) >= 11 is 0. The third-order valence-electron chi connectivity index (χ3n) is 9.65. The van der Waals surface area contributed by atoms with E-state index in [1.54, 1.807) is 11.9 Å². The van der Waals surface area contributed by atoms with Crippen molar-refractivity contribution in [3.8, 4) is 0 Å². The summed E-state index contributed by atoms with van der Waals surface area (Å²) in [5.41, 5.74) is 0. The summed E-state index contributed by atoms with van der Waals surface area (Å²) in [6.45, 7) is -2.61. The molecule has 53 heavy (non-hydrogen) atoms. The number of likely N-dealkylation sites (N-methyl/N-ethyl adjacent to an activating group) is 1. The fourth-order valence-corrected chi connectivity index (χ4v) is 6.22. The molecule has 4 heterocycles. The number of hydrogen-bond acceptors (Lipinski definition) is 23. The number of nitrogens with zero attached hydrogens (tertiary/aromatic N) is 1. The second-order valence-electron chi connectivity index (χ2n) is 13.3. The average Bonchev–Trinajstić information content (AvgIpc) is 3.14. The average molecular weight is 780 g/mol. The molecule has 0 amide bonds. The van der Waals surface area contributed by atoms with Crippen LogP contribution in [-0.2, 0) is 42.7 Å². The molecular weight excluding hydrogens is 726 g/mol. The van der Waals surface area contributed by atoms with Gasteiger partial charge in [0.25, 0.3) is 0 Å². The van der Waals surface area contributed by atoms with Gasteiger partial charge in [0.15, 0.2) is 25.2 Å². The van der Waals surface area contributed by atoms with Gasteiger partial charge in [0.2, 0.25) is 0 Å². The highest BCUT2D eigenvalue weighted by Crippen LogP contribution is 2.32. The quantitative estimate of drug-likeness (QED) is 0.0610. The summed E-state index contributed by atoms with van der Waals surface area (Å²) in [6.07, 6.45) is -30.0. The van der Waals surface area contributed by atoms with E-state index in [0.29, 0.717) is 0 Å². The molecule has 0 aromatic rings. The normalized spacial score (nSPS) is 46.8. The van der Waals surface area contributed by atoms with Gasteiger partial charge in [-0.1, -0.05) is 0 Å². The third-order valence-corrected chi connectivity index (χ3v) is 9.65. The smallest absolute Gasteiger partial charge is 0.186 e. The molecule has 0 aromatic carbocycles. The molecule has 310 valence electrons. The number of aliphatic hydroxyl groups excluding tert-OH is 13. The van der Waals surface area contributed by atoms with Crippen molar-refractivity contribution in [3.05, 3.63) is 0 Å². The predicted molar refractivity (Wildman–Crippen MR) is 166 cm³/mol. The summed E-state index contributed by atoms with van der Waals surface area (Å²) in [5, 5.41) is 132. The Hall–Kier alpha value is -1.21. The van der Waals surface area contributed by atoms with Crippen LogP contribution in [0.1, 0.15) is 0 Å². The van der Waals surface area contributed by atoms with Crippen LogP contribution >= 0.6 is 0 Å². The molecule has 23 heteroatoms. The summed E-state index contributed by atoms with van der Waals surface area (Å²) in [7, 11) is 1.66. The van der Waals surface area contributed by atoms with Gasteiger partial charge in [0.1, 0.15) is 91.7 Å².